The van der Waals surface area contributed by atoms with E-state index in [-0.39, 0.29) is 6.42 Å². The van der Waals surface area contributed by atoms with Crippen LogP contribution < -0.4 is 10.1 Å². The normalized spacial score (nSPS) is 11.8. The van der Waals surface area contributed by atoms with Gasteiger partial charge in [-0.25, -0.2) is 0 Å². The van der Waals surface area contributed by atoms with Crippen LogP contribution in [0, 0.1) is 0 Å². The van der Waals surface area contributed by atoms with Crippen molar-refractivity contribution in [3.63, 3.8) is 0 Å². The van der Waals surface area contributed by atoms with Crippen molar-refractivity contribution in [1.29, 1.82) is 0 Å². The third-order valence-corrected chi connectivity index (χ3v) is 4.36. The number of para-hydroxylation sites is 3. The Balaban J connectivity index is 1.53. The molecule has 0 unspecified atom stereocenters. The second-order valence-electron chi connectivity index (χ2n) is 6.37. The summed E-state index contributed by atoms with van der Waals surface area (Å²) in [6.07, 6.45) is 1.23. The number of carbonyl (C=O) groups is 2. The molecule has 0 saturated heterocycles. The van der Waals surface area contributed by atoms with Crippen LogP contribution in [0.1, 0.15) is 20.3 Å². The van der Waals surface area contributed by atoms with Gasteiger partial charge in [0.2, 0.25) is 0 Å². The van der Waals surface area contributed by atoms with E-state index in [1.807, 2.05) is 54.1 Å². The molecule has 3 rings (SSSR count). The lowest BCUT2D eigenvalue weighted by Crippen LogP contribution is -2.30. The van der Waals surface area contributed by atoms with Gasteiger partial charge in [0, 0.05) is 18.3 Å². The van der Waals surface area contributed by atoms with Crippen molar-refractivity contribution in [3.05, 3.63) is 60.8 Å². The zero-order valence-corrected chi connectivity index (χ0v) is 16.1. The average molecular weight is 380 g/mol. The van der Waals surface area contributed by atoms with E-state index in [2.05, 4.69) is 5.32 Å². The van der Waals surface area contributed by atoms with Gasteiger partial charge in [-0.05, 0) is 43.5 Å². The maximum Gasteiger partial charge on any atom is 0.308 e. The van der Waals surface area contributed by atoms with Crippen LogP contribution in [0.2, 0.25) is 0 Å². The fourth-order valence-corrected chi connectivity index (χ4v) is 2.94. The number of benzene rings is 2. The number of amides is 1. The van der Waals surface area contributed by atoms with Crippen molar-refractivity contribution in [1.82, 2.24) is 4.57 Å². The summed E-state index contributed by atoms with van der Waals surface area (Å²) in [5.41, 5.74) is 1.62. The SMILES string of the molecule is CCOc1ccccc1NC(=O)[C@H](C)OC(=O)CCn1ccc2ccccc21. The predicted octanol–water partition coefficient (Wildman–Crippen LogP) is 4.00. The average Bonchev–Trinajstić information content (AvgIpc) is 3.11. The number of nitrogens with zero attached hydrogens (tertiary/aromatic N) is 1. The summed E-state index contributed by atoms with van der Waals surface area (Å²) in [6.45, 7) is 4.41. The maximum atomic E-state index is 12.4. The highest BCUT2D eigenvalue weighted by Gasteiger charge is 2.19. The molecule has 6 heteroatoms. The Morgan fingerprint density at radius 3 is 2.64 bits per heavy atom. The van der Waals surface area contributed by atoms with E-state index in [1.165, 1.54) is 0 Å². The molecule has 1 aromatic heterocycles. The van der Waals surface area contributed by atoms with Crippen molar-refractivity contribution in [3.8, 4) is 5.75 Å². The van der Waals surface area contributed by atoms with Crippen LogP contribution in [-0.4, -0.2) is 29.2 Å². The number of hydrogen-bond donors (Lipinski definition) is 1. The highest BCUT2D eigenvalue weighted by molar-refractivity contribution is 5.96. The van der Waals surface area contributed by atoms with Crippen LogP contribution in [0.15, 0.2) is 60.8 Å². The number of hydrogen-bond acceptors (Lipinski definition) is 4. The lowest BCUT2D eigenvalue weighted by molar-refractivity contribution is -0.153. The zero-order chi connectivity index (χ0) is 19.9. The molecule has 6 nitrogen and oxygen atoms in total. The number of esters is 1. The number of nitrogens with one attached hydrogen (secondary N) is 1. The molecule has 1 atom stereocenters. The topological polar surface area (TPSA) is 69.6 Å². The van der Waals surface area contributed by atoms with Gasteiger partial charge in [-0.1, -0.05) is 30.3 Å². The van der Waals surface area contributed by atoms with E-state index < -0.39 is 18.0 Å². The van der Waals surface area contributed by atoms with Gasteiger partial charge in [0.15, 0.2) is 6.10 Å². The Hall–Kier alpha value is -3.28. The number of anilines is 1. The highest BCUT2D eigenvalue weighted by atomic mass is 16.5. The van der Waals surface area contributed by atoms with Crippen LogP contribution in [0.4, 0.5) is 5.69 Å². The number of aryl methyl sites for hydroxylation is 1. The van der Waals surface area contributed by atoms with E-state index in [4.69, 9.17) is 9.47 Å². The molecule has 0 spiro atoms. The van der Waals surface area contributed by atoms with E-state index in [1.54, 1.807) is 25.1 Å². The molecular weight excluding hydrogens is 356 g/mol. The Kier molecular flexibility index (Phi) is 6.32. The van der Waals surface area contributed by atoms with E-state index in [9.17, 15) is 9.59 Å². The second-order valence-corrected chi connectivity index (χ2v) is 6.37. The van der Waals surface area contributed by atoms with Gasteiger partial charge in [0.1, 0.15) is 5.75 Å². The highest BCUT2D eigenvalue weighted by Crippen LogP contribution is 2.24. The fourth-order valence-electron chi connectivity index (χ4n) is 2.94. The van der Waals surface area contributed by atoms with Crippen molar-refractivity contribution in [2.45, 2.75) is 32.9 Å². The summed E-state index contributed by atoms with van der Waals surface area (Å²) < 4.78 is 12.8. The van der Waals surface area contributed by atoms with Gasteiger partial charge in [0.25, 0.3) is 5.91 Å². The summed E-state index contributed by atoms with van der Waals surface area (Å²) in [4.78, 5) is 24.5. The van der Waals surface area contributed by atoms with Crippen LogP contribution in [-0.2, 0) is 20.9 Å². The Morgan fingerprint density at radius 2 is 1.82 bits per heavy atom. The minimum atomic E-state index is -0.899. The molecule has 2 aromatic carbocycles. The first-order valence-corrected chi connectivity index (χ1v) is 9.34. The molecular formula is C22H24N2O4. The number of aromatic nitrogens is 1. The van der Waals surface area contributed by atoms with E-state index >= 15 is 0 Å². The Morgan fingerprint density at radius 1 is 1.07 bits per heavy atom. The first kappa shape index (κ1) is 19.5. The molecule has 0 aliphatic heterocycles. The Labute approximate surface area is 164 Å². The maximum absolute atomic E-state index is 12.4. The molecule has 0 aliphatic rings. The van der Waals surface area contributed by atoms with Crippen LogP contribution >= 0.6 is 0 Å². The molecule has 0 fully saturated rings. The van der Waals surface area contributed by atoms with E-state index in [0.29, 0.717) is 24.6 Å². The van der Waals surface area contributed by atoms with Crippen molar-refractivity contribution >= 4 is 28.5 Å². The molecule has 28 heavy (non-hydrogen) atoms. The predicted molar refractivity (Wildman–Crippen MR) is 108 cm³/mol. The van der Waals surface area contributed by atoms with Gasteiger partial charge in [-0.3, -0.25) is 9.59 Å². The van der Waals surface area contributed by atoms with Crippen LogP contribution in [0.3, 0.4) is 0 Å². The van der Waals surface area contributed by atoms with E-state index in [0.717, 1.165) is 10.9 Å². The molecule has 1 heterocycles. The number of rotatable bonds is 8. The minimum Gasteiger partial charge on any atom is -0.492 e. The summed E-state index contributed by atoms with van der Waals surface area (Å²) in [7, 11) is 0. The third-order valence-electron chi connectivity index (χ3n) is 4.36. The first-order chi connectivity index (χ1) is 13.6. The molecule has 0 aliphatic carbocycles. The molecule has 1 amide bonds. The molecule has 1 N–H and O–H groups in total. The smallest absolute Gasteiger partial charge is 0.308 e. The third kappa shape index (κ3) is 4.71. The monoisotopic (exact) mass is 380 g/mol. The molecule has 0 radical (unpaired) electrons. The van der Waals surface area contributed by atoms with Crippen LogP contribution in [0.25, 0.3) is 10.9 Å². The van der Waals surface area contributed by atoms with Gasteiger partial charge >= 0.3 is 5.97 Å². The van der Waals surface area contributed by atoms with Crippen molar-refractivity contribution in [2.24, 2.45) is 0 Å². The Bertz CT molecular complexity index is 964. The standard InChI is InChI=1S/C22H24N2O4/c1-3-27-20-11-7-5-9-18(20)23-22(26)16(2)28-21(25)13-15-24-14-12-17-8-4-6-10-19(17)24/h4-12,14,16H,3,13,15H2,1-2H3,(H,23,26)/t16-/m0/s1. The van der Waals surface area contributed by atoms with Crippen LogP contribution in [0.5, 0.6) is 5.75 Å². The molecule has 146 valence electrons. The number of fused-ring (bicyclic) bond motifs is 1. The first-order valence-electron chi connectivity index (χ1n) is 9.34. The summed E-state index contributed by atoms with van der Waals surface area (Å²) in [5, 5.41) is 3.87. The molecule has 0 saturated carbocycles. The van der Waals surface area contributed by atoms with Crippen molar-refractivity contribution < 1.29 is 19.1 Å². The summed E-state index contributed by atoms with van der Waals surface area (Å²) in [6, 6.07) is 17.1. The van der Waals surface area contributed by atoms with Gasteiger partial charge in [-0.2, -0.15) is 0 Å². The summed E-state index contributed by atoms with van der Waals surface area (Å²) >= 11 is 0. The second kappa shape index (κ2) is 9.08. The fraction of sp³-hybridized carbons (Fsp3) is 0.273. The minimum absolute atomic E-state index is 0.186. The van der Waals surface area contributed by atoms with Gasteiger partial charge < -0.3 is 19.4 Å². The quantitative estimate of drug-likeness (QED) is 0.600. The van der Waals surface area contributed by atoms with Crippen molar-refractivity contribution in [2.75, 3.05) is 11.9 Å². The zero-order valence-electron chi connectivity index (χ0n) is 16.1. The molecule has 0 bridgehead atoms. The largest absolute Gasteiger partial charge is 0.492 e. The molecule has 3 aromatic rings. The lowest BCUT2D eigenvalue weighted by Gasteiger charge is -2.16. The van der Waals surface area contributed by atoms with Gasteiger partial charge in [0.05, 0.1) is 18.7 Å². The lowest BCUT2D eigenvalue weighted by atomic mass is 10.2. The summed E-state index contributed by atoms with van der Waals surface area (Å²) in [5.74, 6) is -0.234. The number of ether oxygens (including phenoxy) is 2. The number of carbonyl (C=O) groups excluding carboxylic acids is 2. The van der Waals surface area contributed by atoms with Gasteiger partial charge in [-0.15, -0.1) is 0 Å².